The summed E-state index contributed by atoms with van der Waals surface area (Å²) in [4.78, 5) is 32.9. The minimum absolute atomic E-state index is 0.248. The molecule has 0 saturated carbocycles. The van der Waals surface area contributed by atoms with Crippen LogP contribution in [0, 0.1) is 5.92 Å². The number of aromatic nitrogens is 2. The number of hydrogen-bond acceptors (Lipinski definition) is 6. The third-order valence-electron chi connectivity index (χ3n) is 4.66. The number of carbonyl (C=O) groups is 1. The van der Waals surface area contributed by atoms with Crippen molar-refractivity contribution >= 4 is 17.0 Å². The number of piperidine rings is 1. The molecule has 0 atom stereocenters. The number of amides is 1. The van der Waals surface area contributed by atoms with E-state index < -0.39 is 5.60 Å². The van der Waals surface area contributed by atoms with Gasteiger partial charge < -0.3 is 24.1 Å². The van der Waals surface area contributed by atoms with Gasteiger partial charge in [0, 0.05) is 25.2 Å². The lowest BCUT2D eigenvalue weighted by molar-refractivity contribution is 0.0165. The first-order valence-electron chi connectivity index (χ1n) is 9.43. The maximum atomic E-state index is 12.2. The number of methoxy groups -OCH3 is 1. The Morgan fingerprint density at radius 2 is 2.00 bits per heavy atom. The number of nitrogens with zero attached hydrogens (tertiary/aromatic N) is 2. The van der Waals surface area contributed by atoms with Crippen LogP contribution in [0.4, 0.5) is 4.79 Å². The van der Waals surface area contributed by atoms with Gasteiger partial charge in [-0.2, -0.15) is 0 Å². The van der Waals surface area contributed by atoms with E-state index in [-0.39, 0.29) is 17.6 Å². The van der Waals surface area contributed by atoms with E-state index in [0.717, 1.165) is 12.8 Å². The van der Waals surface area contributed by atoms with E-state index in [4.69, 9.17) is 14.2 Å². The Kier molecular flexibility index (Phi) is 5.76. The summed E-state index contributed by atoms with van der Waals surface area (Å²) < 4.78 is 16.7. The predicted octanol–water partition coefficient (Wildman–Crippen LogP) is 2.96. The zero-order chi connectivity index (χ0) is 20.3. The standard InChI is InChI=1S/C20H27N3O5/c1-20(2,3)28-19(25)23-7-5-13(6-8-23)11-27-16-10-14(26-4)9-15-17(16)18(24)22-12-21-15/h9-10,12-13H,5-8,11H2,1-4H3,(H,21,22,24). The minimum Gasteiger partial charge on any atom is -0.497 e. The monoisotopic (exact) mass is 389 g/mol. The number of rotatable bonds is 4. The van der Waals surface area contributed by atoms with Gasteiger partial charge in [0.2, 0.25) is 0 Å². The molecule has 1 fully saturated rings. The maximum Gasteiger partial charge on any atom is 0.410 e. The van der Waals surface area contributed by atoms with Crippen LogP contribution in [0.5, 0.6) is 11.5 Å². The molecule has 0 unspecified atom stereocenters. The fourth-order valence-corrected chi connectivity index (χ4v) is 3.19. The summed E-state index contributed by atoms with van der Waals surface area (Å²) in [5, 5.41) is 0.412. The van der Waals surface area contributed by atoms with Crippen LogP contribution in [0.15, 0.2) is 23.3 Å². The SMILES string of the molecule is COc1cc(OCC2CCN(C(=O)OC(C)(C)C)CC2)c2c(=O)[nH]cnc2c1. The van der Waals surface area contributed by atoms with Crippen molar-refractivity contribution < 1.29 is 19.0 Å². The van der Waals surface area contributed by atoms with Crippen molar-refractivity contribution in [1.82, 2.24) is 14.9 Å². The van der Waals surface area contributed by atoms with Crippen molar-refractivity contribution in [2.75, 3.05) is 26.8 Å². The molecule has 1 saturated heterocycles. The summed E-state index contributed by atoms with van der Waals surface area (Å²) in [7, 11) is 1.56. The van der Waals surface area contributed by atoms with E-state index in [9.17, 15) is 9.59 Å². The van der Waals surface area contributed by atoms with Crippen LogP contribution in [0.25, 0.3) is 10.9 Å². The van der Waals surface area contributed by atoms with Crippen molar-refractivity contribution in [3.05, 3.63) is 28.8 Å². The second-order valence-corrected chi connectivity index (χ2v) is 7.97. The number of hydrogen-bond donors (Lipinski definition) is 1. The fourth-order valence-electron chi connectivity index (χ4n) is 3.19. The predicted molar refractivity (Wildman–Crippen MR) is 105 cm³/mol. The van der Waals surface area contributed by atoms with Crippen molar-refractivity contribution in [2.24, 2.45) is 5.92 Å². The lowest BCUT2D eigenvalue weighted by Gasteiger charge is -2.33. The van der Waals surface area contributed by atoms with Gasteiger partial charge in [-0.1, -0.05) is 0 Å². The lowest BCUT2D eigenvalue weighted by atomic mass is 9.98. The third kappa shape index (κ3) is 4.74. The largest absolute Gasteiger partial charge is 0.497 e. The Balaban J connectivity index is 1.63. The first-order chi connectivity index (χ1) is 13.3. The van der Waals surface area contributed by atoms with Crippen LogP contribution in [0.2, 0.25) is 0 Å². The molecule has 1 aromatic carbocycles. The summed E-state index contributed by atoms with van der Waals surface area (Å²) in [5.74, 6) is 1.33. The zero-order valence-corrected chi connectivity index (χ0v) is 16.8. The highest BCUT2D eigenvalue weighted by Crippen LogP contribution is 2.29. The number of likely N-dealkylation sites (tertiary alicyclic amines) is 1. The topological polar surface area (TPSA) is 93.7 Å². The first-order valence-corrected chi connectivity index (χ1v) is 9.43. The van der Waals surface area contributed by atoms with Crippen molar-refractivity contribution in [1.29, 1.82) is 0 Å². The molecule has 2 heterocycles. The average Bonchev–Trinajstić information content (AvgIpc) is 2.65. The summed E-state index contributed by atoms with van der Waals surface area (Å²) in [6.07, 6.45) is 2.72. The molecular formula is C20H27N3O5. The molecule has 152 valence electrons. The van der Waals surface area contributed by atoms with Gasteiger partial charge in [-0.25, -0.2) is 9.78 Å². The number of fused-ring (bicyclic) bond motifs is 1. The van der Waals surface area contributed by atoms with Gasteiger partial charge in [-0.05, 0) is 39.5 Å². The third-order valence-corrected chi connectivity index (χ3v) is 4.66. The Hall–Kier alpha value is -2.77. The van der Waals surface area contributed by atoms with Gasteiger partial charge in [0.1, 0.15) is 22.5 Å². The van der Waals surface area contributed by atoms with E-state index in [0.29, 0.717) is 42.1 Å². The molecule has 0 spiro atoms. The zero-order valence-electron chi connectivity index (χ0n) is 16.8. The molecule has 1 amide bonds. The highest BCUT2D eigenvalue weighted by atomic mass is 16.6. The normalized spacial score (nSPS) is 15.5. The van der Waals surface area contributed by atoms with E-state index in [1.807, 2.05) is 20.8 Å². The van der Waals surface area contributed by atoms with Crippen LogP contribution >= 0.6 is 0 Å². The van der Waals surface area contributed by atoms with Crippen molar-refractivity contribution in [2.45, 2.75) is 39.2 Å². The van der Waals surface area contributed by atoms with Crippen LogP contribution in [0.1, 0.15) is 33.6 Å². The Bertz CT molecular complexity index is 895. The second-order valence-electron chi connectivity index (χ2n) is 7.97. The van der Waals surface area contributed by atoms with Crippen LogP contribution in [-0.2, 0) is 4.74 Å². The number of carbonyl (C=O) groups excluding carboxylic acids is 1. The van der Waals surface area contributed by atoms with E-state index >= 15 is 0 Å². The molecule has 1 aromatic heterocycles. The lowest BCUT2D eigenvalue weighted by Crippen LogP contribution is -2.42. The molecule has 1 aliphatic rings. The molecule has 8 nitrogen and oxygen atoms in total. The molecule has 2 aromatic rings. The second kappa shape index (κ2) is 8.08. The fraction of sp³-hybridized carbons (Fsp3) is 0.550. The van der Waals surface area contributed by atoms with Gasteiger partial charge in [0.05, 0.1) is 25.6 Å². The number of nitrogens with one attached hydrogen (secondary N) is 1. The molecule has 3 rings (SSSR count). The van der Waals surface area contributed by atoms with Gasteiger partial charge in [0.15, 0.2) is 0 Å². The maximum absolute atomic E-state index is 12.2. The van der Waals surface area contributed by atoms with Crippen molar-refractivity contribution in [3.63, 3.8) is 0 Å². The molecule has 1 aliphatic heterocycles. The average molecular weight is 389 g/mol. The van der Waals surface area contributed by atoms with Gasteiger partial charge in [-0.3, -0.25) is 4.79 Å². The molecule has 28 heavy (non-hydrogen) atoms. The van der Waals surface area contributed by atoms with E-state index in [1.54, 1.807) is 24.1 Å². The minimum atomic E-state index is -0.494. The molecule has 0 radical (unpaired) electrons. The molecular weight excluding hydrogens is 362 g/mol. The number of benzene rings is 1. The van der Waals surface area contributed by atoms with E-state index in [1.165, 1.54) is 6.33 Å². The molecule has 0 bridgehead atoms. The number of H-pyrrole nitrogens is 1. The van der Waals surface area contributed by atoms with Crippen LogP contribution in [-0.4, -0.2) is 53.4 Å². The Morgan fingerprint density at radius 1 is 1.29 bits per heavy atom. The Labute approximate surface area is 163 Å². The quantitative estimate of drug-likeness (QED) is 0.864. The number of ether oxygens (including phenoxy) is 3. The summed E-state index contributed by atoms with van der Waals surface area (Å²) in [5.41, 5.74) is -0.216. The van der Waals surface area contributed by atoms with Gasteiger partial charge >= 0.3 is 6.09 Å². The van der Waals surface area contributed by atoms with Crippen molar-refractivity contribution in [3.8, 4) is 11.5 Å². The molecule has 1 N–H and O–H groups in total. The van der Waals surface area contributed by atoms with Crippen LogP contribution < -0.4 is 15.0 Å². The Morgan fingerprint density at radius 3 is 2.64 bits per heavy atom. The van der Waals surface area contributed by atoms with Gasteiger partial charge in [-0.15, -0.1) is 0 Å². The molecule has 0 aliphatic carbocycles. The highest BCUT2D eigenvalue weighted by Gasteiger charge is 2.27. The smallest absolute Gasteiger partial charge is 0.410 e. The summed E-state index contributed by atoms with van der Waals surface area (Å²) >= 11 is 0. The van der Waals surface area contributed by atoms with Crippen LogP contribution in [0.3, 0.4) is 0 Å². The van der Waals surface area contributed by atoms with E-state index in [2.05, 4.69) is 9.97 Å². The molecule has 8 heteroatoms. The number of aromatic amines is 1. The first kappa shape index (κ1) is 20.0. The highest BCUT2D eigenvalue weighted by molar-refractivity contribution is 5.85. The summed E-state index contributed by atoms with van der Waals surface area (Å²) in [6.45, 7) is 7.30. The van der Waals surface area contributed by atoms with Gasteiger partial charge in [0.25, 0.3) is 5.56 Å². The summed E-state index contributed by atoms with van der Waals surface area (Å²) in [6, 6.07) is 3.41.